The van der Waals surface area contributed by atoms with E-state index in [9.17, 15) is 25.2 Å². The van der Waals surface area contributed by atoms with E-state index in [1.807, 2.05) is 12.3 Å². The molecule has 5 N–H and O–H groups in total. The number of pyridine rings is 1. The Hall–Kier alpha value is -3.38. The number of nitrogens with zero attached hydrogens (tertiary/aromatic N) is 2. The Kier molecular flexibility index (Phi) is 14.2. The average Bonchev–Trinajstić information content (AvgIpc) is 4.11. The molecule has 0 bridgehead atoms. The average molecular weight is 719 g/mol. The molecule has 1 unspecified atom stereocenters. The first-order chi connectivity index (χ1) is 25.1. The highest BCUT2D eigenvalue weighted by molar-refractivity contribution is 5.76. The predicted octanol–water partition coefficient (Wildman–Crippen LogP) is 4.84. The summed E-state index contributed by atoms with van der Waals surface area (Å²) < 4.78 is 11.4. The molecule has 1 aromatic heterocycles. The number of ether oxygens (including phenoxy) is 2. The van der Waals surface area contributed by atoms with Crippen LogP contribution in [0.5, 0.6) is 5.75 Å². The summed E-state index contributed by atoms with van der Waals surface area (Å²) in [6.07, 6.45) is 6.51. The number of benzene rings is 2. The zero-order valence-corrected chi connectivity index (χ0v) is 31.0. The number of para-hydroxylation sites is 1. The molecular weight excluding hydrogens is 660 g/mol. The molecule has 0 spiro atoms. The maximum absolute atomic E-state index is 13.3. The van der Waals surface area contributed by atoms with Gasteiger partial charge in [-0.15, -0.1) is 0 Å². The van der Waals surface area contributed by atoms with Crippen LogP contribution < -0.4 is 4.74 Å². The summed E-state index contributed by atoms with van der Waals surface area (Å²) in [5.41, 5.74) is 7.65. The summed E-state index contributed by atoms with van der Waals surface area (Å²) in [5, 5.41) is 49.7. The van der Waals surface area contributed by atoms with Crippen LogP contribution in [0.4, 0.5) is 0 Å². The van der Waals surface area contributed by atoms with E-state index in [0.29, 0.717) is 32.1 Å². The zero-order chi connectivity index (χ0) is 37.3. The van der Waals surface area contributed by atoms with Gasteiger partial charge in [-0.1, -0.05) is 43.3 Å². The number of carbonyl (C=O) groups excluding carboxylic acids is 1. The van der Waals surface area contributed by atoms with Crippen molar-refractivity contribution in [2.45, 2.75) is 120 Å². The predicted molar refractivity (Wildman–Crippen MR) is 200 cm³/mol. The number of aromatic nitrogens is 1. The minimum Gasteiger partial charge on any atom is -0.490 e. The molecule has 5 atom stereocenters. The van der Waals surface area contributed by atoms with Gasteiger partial charge in [-0.05, 0) is 116 Å². The van der Waals surface area contributed by atoms with E-state index in [-0.39, 0.29) is 30.2 Å². The van der Waals surface area contributed by atoms with Gasteiger partial charge >= 0.3 is 0 Å². The van der Waals surface area contributed by atoms with Gasteiger partial charge in [-0.25, -0.2) is 0 Å². The van der Waals surface area contributed by atoms with Gasteiger partial charge in [0.15, 0.2) is 0 Å². The van der Waals surface area contributed by atoms with E-state index in [2.05, 4.69) is 67.5 Å². The third kappa shape index (κ3) is 10.4. The Morgan fingerprint density at radius 3 is 2.46 bits per heavy atom. The molecule has 2 aliphatic carbocycles. The molecule has 0 saturated heterocycles. The second kappa shape index (κ2) is 18.6. The van der Waals surface area contributed by atoms with Crippen molar-refractivity contribution >= 4 is 5.91 Å². The van der Waals surface area contributed by atoms with Gasteiger partial charge in [-0.3, -0.25) is 9.78 Å². The Bertz CT molecular complexity index is 1590. The Morgan fingerprint density at radius 2 is 1.75 bits per heavy atom. The quantitative estimate of drug-likeness (QED) is 0.0920. The molecule has 2 aromatic carbocycles. The summed E-state index contributed by atoms with van der Waals surface area (Å²) in [7, 11) is 1.57. The zero-order valence-electron chi connectivity index (χ0n) is 31.0. The molecular formula is C42H58N2O8. The van der Waals surface area contributed by atoms with Crippen LogP contribution in [0.3, 0.4) is 0 Å². The number of methoxy groups -OCH3 is 1. The molecule has 1 heterocycles. The highest BCUT2D eigenvalue weighted by atomic mass is 16.5. The third-order valence-corrected chi connectivity index (χ3v) is 10.9. The van der Waals surface area contributed by atoms with Gasteiger partial charge in [0.25, 0.3) is 0 Å². The van der Waals surface area contributed by atoms with Gasteiger partial charge in [0.2, 0.25) is 5.91 Å². The van der Waals surface area contributed by atoms with Gasteiger partial charge in [-0.2, -0.15) is 0 Å². The third-order valence-electron chi connectivity index (χ3n) is 10.9. The van der Waals surface area contributed by atoms with Gasteiger partial charge < -0.3 is 39.9 Å². The van der Waals surface area contributed by atoms with Crippen LogP contribution in [0.25, 0.3) is 11.1 Å². The van der Waals surface area contributed by atoms with Gasteiger partial charge in [0.05, 0.1) is 12.7 Å². The fourth-order valence-corrected chi connectivity index (χ4v) is 7.15. The molecule has 0 aliphatic heterocycles. The largest absolute Gasteiger partial charge is 0.490 e. The van der Waals surface area contributed by atoms with Crippen LogP contribution >= 0.6 is 0 Å². The first-order valence-corrected chi connectivity index (χ1v) is 19.0. The standard InChI is InChI=1S/C42H58N2O8/c1-28(8-6-11-39(48)44(22-7-23-51-3)26-36(46)40(49)41(50)37(47)27-45)30-13-12-29(2)31(24-30)16-18-42(19-20-42)35-25-43-21-17-33(35)34-9-4-5-10-38(34)52-32-14-15-32/h4-5,9-10,12-13,17,21,24-25,28,32,36-37,40-41,45-47,49-50H,6-8,11,14-16,18-20,22-23,26-27H2,1-3H3/t28?,36-,37+,40+,41+/m0/s1. The minimum absolute atomic E-state index is 0.0974. The van der Waals surface area contributed by atoms with Crippen LogP contribution in [0.15, 0.2) is 60.9 Å². The van der Waals surface area contributed by atoms with E-state index in [0.717, 1.165) is 56.3 Å². The van der Waals surface area contributed by atoms with Crippen molar-refractivity contribution in [2.24, 2.45) is 0 Å². The van der Waals surface area contributed by atoms with Crippen molar-refractivity contribution in [1.29, 1.82) is 0 Å². The Balaban J connectivity index is 1.18. The minimum atomic E-state index is -1.74. The second-order valence-electron chi connectivity index (χ2n) is 15.0. The monoisotopic (exact) mass is 718 g/mol. The SMILES string of the molecule is COCCCN(C[C@H](O)[C@@H](O)[C@H](O)[C@H](O)CO)C(=O)CCCC(C)c1ccc(C)c(CCC2(c3cnccc3-c3ccccc3OC3CC3)CC2)c1. The Morgan fingerprint density at radius 1 is 1.00 bits per heavy atom. The summed E-state index contributed by atoms with van der Waals surface area (Å²) in [5.74, 6) is 1.03. The van der Waals surface area contributed by atoms with Crippen molar-refractivity contribution in [3.8, 4) is 16.9 Å². The highest BCUT2D eigenvalue weighted by Gasteiger charge is 2.45. The lowest BCUT2D eigenvalue weighted by Gasteiger charge is -2.30. The number of aliphatic hydroxyl groups is 5. The second-order valence-corrected chi connectivity index (χ2v) is 15.0. The number of aliphatic hydroxyl groups excluding tert-OH is 5. The molecule has 2 aliphatic rings. The number of carbonyl (C=O) groups is 1. The van der Waals surface area contributed by atoms with Gasteiger partial charge in [0.1, 0.15) is 30.2 Å². The van der Waals surface area contributed by atoms with E-state index >= 15 is 0 Å². The molecule has 1 amide bonds. The number of aryl methyl sites for hydroxylation is 2. The molecule has 10 heteroatoms. The summed E-state index contributed by atoms with van der Waals surface area (Å²) >= 11 is 0. The van der Waals surface area contributed by atoms with Crippen LogP contribution in [0.2, 0.25) is 0 Å². The summed E-state index contributed by atoms with van der Waals surface area (Å²) in [6, 6.07) is 17.3. The number of rotatable bonds is 22. The molecule has 2 saturated carbocycles. The van der Waals surface area contributed by atoms with Crippen molar-refractivity contribution in [2.75, 3.05) is 33.4 Å². The topological polar surface area (TPSA) is 153 Å². The lowest BCUT2D eigenvalue weighted by Crippen LogP contribution is -2.50. The number of hydrogen-bond acceptors (Lipinski definition) is 9. The van der Waals surface area contributed by atoms with Crippen LogP contribution in [-0.2, 0) is 21.4 Å². The van der Waals surface area contributed by atoms with Crippen molar-refractivity contribution in [3.63, 3.8) is 0 Å². The lowest BCUT2D eigenvalue weighted by molar-refractivity contribution is -0.140. The molecule has 284 valence electrons. The molecule has 2 fully saturated rings. The van der Waals surface area contributed by atoms with Crippen molar-refractivity contribution < 1.29 is 39.8 Å². The van der Waals surface area contributed by atoms with E-state index < -0.39 is 31.0 Å². The highest BCUT2D eigenvalue weighted by Crippen LogP contribution is 2.55. The first-order valence-electron chi connectivity index (χ1n) is 19.0. The van der Waals surface area contributed by atoms with E-state index in [1.165, 1.54) is 32.7 Å². The van der Waals surface area contributed by atoms with Crippen molar-refractivity contribution in [3.05, 3.63) is 83.2 Å². The van der Waals surface area contributed by atoms with Gasteiger partial charge in [0, 0.05) is 51.2 Å². The van der Waals surface area contributed by atoms with Crippen molar-refractivity contribution in [1.82, 2.24) is 9.88 Å². The number of amides is 1. The maximum atomic E-state index is 13.3. The molecule has 10 nitrogen and oxygen atoms in total. The Labute approximate surface area is 308 Å². The van der Waals surface area contributed by atoms with Crippen LogP contribution in [0, 0.1) is 6.92 Å². The van der Waals surface area contributed by atoms with Crippen LogP contribution in [0.1, 0.15) is 92.9 Å². The molecule has 5 rings (SSSR count). The van der Waals surface area contributed by atoms with Crippen LogP contribution in [-0.4, -0.2) is 105 Å². The van der Waals surface area contributed by atoms with E-state index in [1.54, 1.807) is 7.11 Å². The normalized spacial score (nSPS) is 17.9. The first kappa shape index (κ1) is 39.8. The molecule has 3 aromatic rings. The smallest absolute Gasteiger partial charge is 0.222 e. The maximum Gasteiger partial charge on any atom is 0.222 e. The summed E-state index contributed by atoms with van der Waals surface area (Å²) in [4.78, 5) is 19.3. The summed E-state index contributed by atoms with van der Waals surface area (Å²) in [6.45, 7) is 4.13. The van der Waals surface area contributed by atoms with E-state index in [4.69, 9.17) is 14.6 Å². The molecule has 52 heavy (non-hydrogen) atoms. The fraction of sp³-hybridized carbons (Fsp3) is 0.571. The fourth-order valence-electron chi connectivity index (χ4n) is 7.15. The molecule has 0 radical (unpaired) electrons. The number of hydrogen-bond donors (Lipinski definition) is 5. The lowest BCUT2D eigenvalue weighted by atomic mass is 9.84.